The van der Waals surface area contributed by atoms with Crippen LogP contribution in [0.25, 0.3) is 0 Å². The number of phenols is 1. The second-order valence-electron chi connectivity index (χ2n) is 5.48. The average molecular weight is 360 g/mol. The van der Waals surface area contributed by atoms with Gasteiger partial charge in [-0.15, -0.1) is 0 Å². The van der Waals surface area contributed by atoms with E-state index in [1.54, 1.807) is 37.3 Å². The van der Waals surface area contributed by atoms with E-state index in [0.717, 1.165) is 5.56 Å². The van der Waals surface area contributed by atoms with Gasteiger partial charge in [0.25, 0.3) is 5.91 Å². The number of hydrogen-bond donors (Lipinski definition) is 3. The van der Waals surface area contributed by atoms with E-state index in [-0.39, 0.29) is 23.6 Å². The minimum Gasteiger partial charge on any atom is -0.508 e. The van der Waals surface area contributed by atoms with Crippen molar-refractivity contribution in [3.63, 3.8) is 0 Å². The molecule has 0 aliphatic heterocycles. The fourth-order valence-electron chi connectivity index (χ4n) is 2.07. The Bertz CT molecular complexity index is 834. The van der Waals surface area contributed by atoms with Crippen LogP contribution in [0.15, 0.2) is 47.6 Å². The number of hydrazone groups is 1. The number of anilines is 1. The predicted molar refractivity (Wildman–Crippen MR) is 98.1 cm³/mol. The fourth-order valence-corrected chi connectivity index (χ4v) is 2.24. The van der Waals surface area contributed by atoms with Crippen molar-refractivity contribution in [1.29, 1.82) is 0 Å². The van der Waals surface area contributed by atoms with Crippen molar-refractivity contribution in [1.82, 2.24) is 5.43 Å². The lowest BCUT2D eigenvalue weighted by atomic mass is 10.2. The number of benzene rings is 2. The van der Waals surface area contributed by atoms with E-state index < -0.39 is 5.91 Å². The van der Waals surface area contributed by atoms with Gasteiger partial charge in [0, 0.05) is 22.0 Å². The van der Waals surface area contributed by atoms with Crippen LogP contribution in [-0.2, 0) is 4.79 Å². The SMILES string of the molecule is C/C(CC(=O)Nc1cccc(Cl)c1C)=N/NC(=O)c1cccc(O)c1. The third kappa shape index (κ3) is 5.32. The van der Waals surface area contributed by atoms with Crippen LogP contribution < -0.4 is 10.7 Å². The van der Waals surface area contributed by atoms with Crippen LogP contribution in [-0.4, -0.2) is 22.6 Å². The largest absolute Gasteiger partial charge is 0.508 e. The molecule has 0 bridgehead atoms. The van der Waals surface area contributed by atoms with Crippen LogP contribution in [0.1, 0.15) is 29.3 Å². The molecule has 2 rings (SSSR count). The molecule has 3 N–H and O–H groups in total. The van der Waals surface area contributed by atoms with Gasteiger partial charge in [0.2, 0.25) is 5.91 Å². The maximum atomic E-state index is 12.1. The number of amides is 2. The predicted octanol–water partition coefficient (Wildman–Crippen LogP) is 3.49. The zero-order chi connectivity index (χ0) is 18.4. The number of nitrogens with one attached hydrogen (secondary N) is 2. The molecular formula is C18H18ClN3O3. The summed E-state index contributed by atoms with van der Waals surface area (Å²) in [5, 5.41) is 16.6. The Hall–Kier alpha value is -2.86. The minimum atomic E-state index is -0.471. The van der Waals surface area contributed by atoms with E-state index in [1.807, 2.05) is 6.92 Å². The molecule has 0 radical (unpaired) electrons. The second kappa shape index (κ2) is 8.30. The molecule has 0 unspecified atom stereocenters. The monoisotopic (exact) mass is 359 g/mol. The molecule has 7 heteroatoms. The van der Waals surface area contributed by atoms with E-state index >= 15 is 0 Å². The van der Waals surface area contributed by atoms with Gasteiger partial charge in [0.15, 0.2) is 0 Å². The maximum absolute atomic E-state index is 12.1. The maximum Gasteiger partial charge on any atom is 0.271 e. The molecule has 0 saturated heterocycles. The van der Waals surface area contributed by atoms with Crippen molar-refractivity contribution in [2.75, 3.05) is 5.32 Å². The van der Waals surface area contributed by atoms with Crippen molar-refractivity contribution >= 4 is 34.8 Å². The Morgan fingerprint density at radius 1 is 1.20 bits per heavy atom. The molecule has 0 aliphatic rings. The summed E-state index contributed by atoms with van der Waals surface area (Å²) in [5.74, 6) is -0.746. The first-order valence-electron chi connectivity index (χ1n) is 7.54. The van der Waals surface area contributed by atoms with Gasteiger partial charge in [0.05, 0.1) is 6.42 Å². The Labute approximate surface area is 150 Å². The molecule has 0 spiro atoms. The summed E-state index contributed by atoms with van der Waals surface area (Å²) in [6.07, 6.45) is 0.0201. The van der Waals surface area contributed by atoms with Crippen molar-refractivity contribution in [2.45, 2.75) is 20.3 Å². The Morgan fingerprint density at radius 2 is 1.92 bits per heavy atom. The van der Waals surface area contributed by atoms with Crippen LogP contribution in [0.5, 0.6) is 5.75 Å². The summed E-state index contributed by atoms with van der Waals surface area (Å²) in [5.41, 5.74) is 4.48. The van der Waals surface area contributed by atoms with Crippen molar-refractivity contribution in [3.05, 3.63) is 58.6 Å². The van der Waals surface area contributed by atoms with Crippen LogP contribution in [0.3, 0.4) is 0 Å². The highest BCUT2D eigenvalue weighted by atomic mass is 35.5. The lowest BCUT2D eigenvalue weighted by Gasteiger charge is -2.09. The summed E-state index contributed by atoms with van der Waals surface area (Å²) in [6, 6.07) is 11.2. The molecule has 130 valence electrons. The summed E-state index contributed by atoms with van der Waals surface area (Å²) >= 11 is 6.02. The first kappa shape index (κ1) is 18.5. The van der Waals surface area contributed by atoms with Gasteiger partial charge in [-0.2, -0.15) is 5.10 Å². The molecule has 0 fully saturated rings. The van der Waals surface area contributed by atoms with Crippen LogP contribution in [0.2, 0.25) is 5.02 Å². The molecule has 0 aromatic heterocycles. The van der Waals surface area contributed by atoms with Crippen molar-refractivity contribution in [2.24, 2.45) is 5.10 Å². The molecule has 2 aromatic rings. The standard InChI is InChI=1S/C18H18ClN3O3/c1-11(21-22-18(25)13-5-3-6-14(23)10-13)9-17(24)20-16-8-4-7-15(19)12(16)2/h3-8,10,23H,9H2,1-2H3,(H,20,24)(H,22,25)/b21-11-. The third-order valence-electron chi connectivity index (χ3n) is 3.41. The minimum absolute atomic E-state index is 0.00961. The molecule has 2 aromatic carbocycles. The van der Waals surface area contributed by atoms with Crippen molar-refractivity contribution < 1.29 is 14.7 Å². The average Bonchev–Trinajstić information content (AvgIpc) is 2.56. The lowest BCUT2D eigenvalue weighted by molar-refractivity contribution is -0.115. The normalized spacial score (nSPS) is 11.1. The molecule has 0 atom stereocenters. The van der Waals surface area contributed by atoms with Crippen LogP contribution in [0.4, 0.5) is 5.69 Å². The molecule has 0 saturated carbocycles. The van der Waals surface area contributed by atoms with E-state index in [0.29, 0.717) is 16.4 Å². The number of rotatable bonds is 5. The Morgan fingerprint density at radius 3 is 2.64 bits per heavy atom. The highest BCUT2D eigenvalue weighted by molar-refractivity contribution is 6.31. The first-order valence-corrected chi connectivity index (χ1v) is 7.92. The van der Waals surface area contributed by atoms with Crippen molar-refractivity contribution in [3.8, 4) is 5.75 Å². The number of halogens is 1. The number of phenolic OH excluding ortho intramolecular Hbond substituents is 1. The molecule has 0 aliphatic carbocycles. The number of carbonyl (C=O) groups is 2. The topological polar surface area (TPSA) is 90.8 Å². The van der Waals surface area contributed by atoms with Gasteiger partial charge in [-0.05, 0) is 49.7 Å². The van der Waals surface area contributed by atoms with Crippen LogP contribution >= 0.6 is 11.6 Å². The summed E-state index contributed by atoms with van der Waals surface area (Å²) in [6.45, 7) is 3.45. The molecule has 6 nitrogen and oxygen atoms in total. The van der Waals surface area contributed by atoms with Gasteiger partial charge in [0.1, 0.15) is 5.75 Å². The summed E-state index contributed by atoms with van der Waals surface area (Å²) in [7, 11) is 0. The van der Waals surface area contributed by atoms with Gasteiger partial charge in [-0.1, -0.05) is 23.7 Å². The summed E-state index contributed by atoms with van der Waals surface area (Å²) < 4.78 is 0. The third-order valence-corrected chi connectivity index (χ3v) is 3.82. The van der Waals surface area contributed by atoms with Crippen LogP contribution in [0, 0.1) is 6.92 Å². The smallest absolute Gasteiger partial charge is 0.271 e. The second-order valence-corrected chi connectivity index (χ2v) is 5.88. The molecule has 25 heavy (non-hydrogen) atoms. The number of aromatic hydroxyl groups is 1. The highest BCUT2D eigenvalue weighted by Gasteiger charge is 2.09. The zero-order valence-corrected chi connectivity index (χ0v) is 14.6. The fraction of sp³-hybridized carbons (Fsp3) is 0.167. The lowest BCUT2D eigenvalue weighted by Crippen LogP contribution is -2.21. The van der Waals surface area contributed by atoms with E-state index in [4.69, 9.17) is 11.6 Å². The molecular weight excluding hydrogens is 342 g/mol. The van der Waals surface area contributed by atoms with E-state index in [9.17, 15) is 14.7 Å². The zero-order valence-electron chi connectivity index (χ0n) is 13.8. The number of nitrogens with zero attached hydrogens (tertiary/aromatic N) is 1. The van der Waals surface area contributed by atoms with E-state index in [2.05, 4.69) is 15.8 Å². The number of hydrogen-bond acceptors (Lipinski definition) is 4. The Balaban J connectivity index is 1.93. The quantitative estimate of drug-likeness (QED) is 0.563. The van der Waals surface area contributed by atoms with Gasteiger partial charge < -0.3 is 10.4 Å². The van der Waals surface area contributed by atoms with Gasteiger partial charge in [-0.25, -0.2) is 5.43 Å². The molecule has 0 heterocycles. The van der Waals surface area contributed by atoms with E-state index in [1.165, 1.54) is 12.1 Å². The number of carbonyl (C=O) groups excluding carboxylic acids is 2. The Kier molecular flexibility index (Phi) is 6.14. The van der Waals surface area contributed by atoms with Gasteiger partial charge in [-0.3, -0.25) is 9.59 Å². The van der Waals surface area contributed by atoms with Gasteiger partial charge >= 0.3 is 0 Å². The summed E-state index contributed by atoms with van der Waals surface area (Å²) in [4.78, 5) is 24.0. The highest BCUT2D eigenvalue weighted by Crippen LogP contribution is 2.22. The first-order chi connectivity index (χ1) is 11.9. The molecule has 2 amide bonds.